The Kier molecular flexibility index (Phi) is 7.20. The summed E-state index contributed by atoms with van der Waals surface area (Å²) in [6.45, 7) is -0.562. The fourth-order valence-corrected chi connectivity index (χ4v) is 5.28. The molecule has 1 fully saturated rings. The van der Waals surface area contributed by atoms with Crippen LogP contribution < -0.4 is 0 Å². The Labute approximate surface area is 199 Å². The summed E-state index contributed by atoms with van der Waals surface area (Å²) in [7, 11) is 0. The SMILES string of the molecule is OC[C@H]1O[C@H](Sc2cc(Cl)cc(Cl)c2)[C@H](O)[C@@H](n2cc(-c3cc(F)c(F)c(F)c3)nn2)[C@H]1O. The Morgan fingerprint density at radius 2 is 1.64 bits per heavy atom. The van der Waals surface area contributed by atoms with Crippen molar-refractivity contribution in [3.8, 4) is 11.3 Å². The van der Waals surface area contributed by atoms with E-state index in [1.165, 1.54) is 12.3 Å². The van der Waals surface area contributed by atoms with Crippen molar-refractivity contribution in [3.63, 3.8) is 0 Å². The maximum Gasteiger partial charge on any atom is 0.194 e. The van der Waals surface area contributed by atoms with E-state index in [1.54, 1.807) is 12.1 Å². The first-order valence-corrected chi connectivity index (χ1v) is 11.1. The van der Waals surface area contributed by atoms with Crippen LogP contribution in [0.25, 0.3) is 11.3 Å². The summed E-state index contributed by atoms with van der Waals surface area (Å²) >= 11 is 13.1. The van der Waals surface area contributed by atoms with Gasteiger partial charge in [-0.2, -0.15) is 0 Å². The second kappa shape index (κ2) is 9.79. The lowest BCUT2D eigenvalue weighted by Gasteiger charge is -2.41. The molecular formula is C20H16Cl2F3N3O4S. The van der Waals surface area contributed by atoms with Gasteiger partial charge in [-0.05, 0) is 30.3 Å². The monoisotopic (exact) mass is 521 g/mol. The minimum absolute atomic E-state index is 0.0231. The van der Waals surface area contributed by atoms with Crippen molar-refractivity contribution in [2.45, 2.75) is 34.7 Å². The molecule has 13 heteroatoms. The topological polar surface area (TPSA) is 101 Å². The van der Waals surface area contributed by atoms with E-state index < -0.39 is 53.8 Å². The van der Waals surface area contributed by atoms with Crippen LogP contribution >= 0.6 is 35.0 Å². The number of nitrogens with zero attached hydrogens (tertiary/aromatic N) is 3. The highest BCUT2D eigenvalue weighted by Gasteiger charge is 2.46. The first-order chi connectivity index (χ1) is 15.7. The van der Waals surface area contributed by atoms with E-state index in [2.05, 4.69) is 10.3 Å². The minimum atomic E-state index is -1.62. The molecule has 1 aliphatic heterocycles. The number of thioether (sulfide) groups is 1. The van der Waals surface area contributed by atoms with E-state index in [1.807, 2.05) is 0 Å². The summed E-state index contributed by atoms with van der Waals surface area (Å²) in [6, 6.07) is 5.11. The molecule has 1 saturated heterocycles. The molecule has 2 aromatic carbocycles. The second-order valence-corrected chi connectivity index (χ2v) is 9.30. The number of hydrogen-bond acceptors (Lipinski definition) is 7. The fraction of sp³-hybridized carbons (Fsp3) is 0.300. The van der Waals surface area contributed by atoms with Crippen LogP contribution in [-0.2, 0) is 4.74 Å². The van der Waals surface area contributed by atoms with E-state index in [0.29, 0.717) is 14.9 Å². The molecule has 5 atom stereocenters. The number of aliphatic hydroxyl groups is 3. The highest BCUT2D eigenvalue weighted by molar-refractivity contribution is 7.99. The second-order valence-electron chi connectivity index (χ2n) is 7.26. The van der Waals surface area contributed by atoms with Crippen LogP contribution in [0.1, 0.15) is 6.04 Å². The van der Waals surface area contributed by atoms with Gasteiger partial charge in [0, 0.05) is 20.5 Å². The predicted molar refractivity (Wildman–Crippen MR) is 114 cm³/mol. The van der Waals surface area contributed by atoms with Gasteiger partial charge in [-0.25, -0.2) is 17.9 Å². The molecule has 3 N–H and O–H groups in total. The van der Waals surface area contributed by atoms with Crippen LogP contribution in [0.15, 0.2) is 41.4 Å². The predicted octanol–water partition coefficient (Wildman–Crippen LogP) is 3.44. The lowest BCUT2D eigenvalue weighted by Crippen LogP contribution is -2.55. The molecule has 33 heavy (non-hydrogen) atoms. The van der Waals surface area contributed by atoms with Crippen molar-refractivity contribution in [1.82, 2.24) is 15.0 Å². The maximum atomic E-state index is 13.6. The maximum absolute atomic E-state index is 13.6. The number of hydrogen-bond donors (Lipinski definition) is 3. The van der Waals surface area contributed by atoms with Gasteiger partial charge in [0.2, 0.25) is 0 Å². The quantitative estimate of drug-likeness (QED) is 0.442. The highest BCUT2D eigenvalue weighted by Crippen LogP contribution is 2.39. The van der Waals surface area contributed by atoms with Gasteiger partial charge in [-0.15, -0.1) is 5.10 Å². The van der Waals surface area contributed by atoms with Gasteiger partial charge < -0.3 is 20.1 Å². The zero-order chi connectivity index (χ0) is 23.9. The van der Waals surface area contributed by atoms with Crippen LogP contribution in [0.4, 0.5) is 13.2 Å². The average molecular weight is 522 g/mol. The molecule has 7 nitrogen and oxygen atoms in total. The van der Waals surface area contributed by atoms with Crippen LogP contribution in [0.3, 0.4) is 0 Å². The summed E-state index contributed by atoms with van der Waals surface area (Å²) in [5.74, 6) is -4.42. The van der Waals surface area contributed by atoms with Gasteiger partial charge in [-0.1, -0.05) is 40.2 Å². The van der Waals surface area contributed by atoms with Crippen molar-refractivity contribution in [2.75, 3.05) is 6.61 Å². The van der Waals surface area contributed by atoms with Crippen molar-refractivity contribution in [1.29, 1.82) is 0 Å². The number of aromatic nitrogens is 3. The number of halogens is 5. The van der Waals surface area contributed by atoms with Crippen molar-refractivity contribution in [3.05, 3.63) is 64.0 Å². The van der Waals surface area contributed by atoms with Crippen LogP contribution in [-0.4, -0.2) is 60.7 Å². The lowest BCUT2D eigenvalue weighted by atomic mass is 9.97. The summed E-state index contributed by atoms with van der Waals surface area (Å²) in [5.41, 5.74) is -1.09. The third-order valence-corrected chi connectivity index (χ3v) is 6.60. The Morgan fingerprint density at radius 3 is 2.24 bits per heavy atom. The third-order valence-electron chi connectivity index (χ3n) is 5.03. The van der Waals surface area contributed by atoms with Gasteiger partial charge in [0.15, 0.2) is 17.5 Å². The standard InChI is InChI=1S/C20H16Cl2F3N3O4S/c21-9-3-10(22)5-11(4-9)33-20-19(31)17(18(30)15(7-29)32-20)28-6-14(26-27-28)8-1-12(23)16(25)13(24)2-8/h1-6,15,17-20,29-31H,7H2/t15-,17+,18+,19-,20-/m1/s1. The van der Waals surface area contributed by atoms with Crippen LogP contribution in [0, 0.1) is 17.5 Å². The smallest absolute Gasteiger partial charge is 0.194 e. The van der Waals surface area contributed by atoms with Gasteiger partial charge in [0.25, 0.3) is 0 Å². The molecule has 4 rings (SSSR count). The molecule has 0 bridgehead atoms. The molecule has 1 aliphatic rings. The van der Waals surface area contributed by atoms with Gasteiger partial charge in [0.1, 0.15) is 35.5 Å². The molecule has 0 unspecified atom stereocenters. The summed E-state index contributed by atoms with van der Waals surface area (Å²) in [4.78, 5) is 0.569. The van der Waals surface area contributed by atoms with Crippen molar-refractivity contribution >= 4 is 35.0 Å². The highest BCUT2D eigenvalue weighted by atomic mass is 35.5. The number of benzene rings is 2. The molecule has 2 heterocycles. The van der Waals surface area contributed by atoms with Crippen molar-refractivity contribution in [2.24, 2.45) is 0 Å². The third kappa shape index (κ3) is 4.99. The molecule has 176 valence electrons. The fourth-order valence-electron chi connectivity index (χ4n) is 3.47. The van der Waals surface area contributed by atoms with E-state index in [-0.39, 0.29) is 11.3 Å². The lowest BCUT2D eigenvalue weighted by molar-refractivity contribution is -0.178. The zero-order valence-electron chi connectivity index (χ0n) is 16.4. The number of aliphatic hydroxyl groups excluding tert-OH is 3. The number of ether oxygens (including phenoxy) is 1. The molecule has 0 saturated carbocycles. The van der Waals surface area contributed by atoms with E-state index in [9.17, 15) is 28.5 Å². The van der Waals surface area contributed by atoms with E-state index >= 15 is 0 Å². The first-order valence-electron chi connectivity index (χ1n) is 9.50. The van der Waals surface area contributed by atoms with E-state index in [0.717, 1.165) is 28.6 Å². The molecule has 3 aromatic rings. The first kappa shape index (κ1) is 24.3. The molecule has 0 amide bonds. The Morgan fingerprint density at radius 1 is 1.00 bits per heavy atom. The molecule has 1 aromatic heterocycles. The van der Waals surface area contributed by atoms with Gasteiger partial charge in [-0.3, -0.25) is 0 Å². The summed E-state index contributed by atoms with van der Waals surface area (Å²) in [5, 5.41) is 39.7. The van der Waals surface area contributed by atoms with Gasteiger partial charge >= 0.3 is 0 Å². The molecule has 0 spiro atoms. The number of rotatable bonds is 5. The van der Waals surface area contributed by atoms with Gasteiger partial charge in [0.05, 0.1) is 12.8 Å². The summed E-state index contributed by atoms with van der Waals surface area (Å²) in [6.07, 6.45) is -2.61. The Bertz CT molecular complexity index is 1130. The minimum Gasteiger partial charge on any atom is -0.394 e. The van der Waals surface area contributed by atoms with Crippen LogP contribution in [0.5, 0.6) is 0 Å². The van der Waals surface area contributed by atoms with Crippen LogP contribution in [0.2, 0.25) is 10.0 Å². The molecular weight excluding hydrogens is 506 g/mol. The normalized spacial score (nSPS) is 25.4. The average Bonchev–Trinajstić information content (AvgIpc) is 3.23. The Balaban J connectivity index is 1.64. The molecule has 0 aliphatic carbocycles. The Hall–Kier alpha value is -1.86. The van der Waals surface area contributed by atoms with E-state index in [4.69, 9.17) is 27.9 Å². The molecule has 0 radical (unpaired) electrons. The summed E-state index contributed by atoms with van der Waals surface area (Å²) < 4.78 is 47.2. The largest absolute Gasteiger partial charge is 0.394 e. The zero-order valence-corrected chi connectivity index (χ0v) is 18.8. The van der Waals surface area contributed by atoms with Crippen molar-refractivity contribution < 1.29 is 33.2 Å².